The standard InChI is InChI=1S/C49H95NO5/c1-3-5-7-9-11-13-15-18-23-27-31-35-39-43-49(54)55-44-40-36-32-28-24-20-17-16-19-22-26-30-34-38-42-48(53)50-46(45-51)47(52)41-37-33-29-25-21-14-12-10-8-6-4-2/h37,41,46-47,51-52H,3-36,38-40,42-45H2,1-2H3,(H,50,53)/b41-37+. The first-order valence-corrected chi connectivity index (χ1v) is 24.5. The van der Waals surface area contributed by atoms with Crippen LogP contribution in [0.15, 0.2) is 12.2 Å². The molecule has 0 aliphatic heterocycles. The van der Waals surface area contributed by atoms with Gasteiger partial charge in [0, 0.05) is 12.8 Å². The fraction of sp³-hybridized carbons (Fsp3) is 0.918. The molecule has 0 rings (SSSR count). The molecule has 6 heteroatoms. The summed E-state index contributed by atoms with van der Waals surface area (Å²) in [7, 11) is 0. The van der Waals surface area contributed by atoms with Gasteiger partial charge in [0.2, 0.25) is 5.91 Å². The Morgan fingerprint density at radius 1 is 0.491 bits per heavy atom. The Kier molecular flexibility index (Phi) is 44.2. The summed E-state index contributed by atoms with van der Waals surface area (Å²) in [6.07, 6.45) is 50.6. The van der Waals surface area contributed by atoms with E-state index in [4.69, 9.17) is 4.74 Å². The molecule has 2 atom stereocenters. The molecule has 0 fully saturated rings. The third-order valence-electron chi connectivity index (χ3n) is 11.3. The number of aliphatic hydroxyl groups excluding tert-OH is 2. The summed E-state index contributed by atoms with van der Waals surface area (Å²) in [4.78, 5) is 24.4. The molecule has 0 spiro atoms. The minimum absolute atomic E-state index is 0.00227. The van der Waals surface area contributed by atoms with Crippen LogP contribution in [0.5, 0.6) is 0 Å². The van der Waals surface area contributed by atoms with Gasteiger partial charge in [0.25, 0.3) is 0 Å². The number of hydrogen-bond donors (Lipinski definition) is 3. The van der Waals surface area contributed by atoms with Crippen molar-refractivity contribution in [3.63, 3.8) is 0 Å². The van der Waals surface area contributed by atoms with Crippen LogP contribution < -0.4 is 5.32 Å². The zero-order valence-electron chi connectivity index (χ0n) is 36.9. The number of esters is 1. The van der Waals surface area contributed by atoms with Gasteiger partial charge in [-0.3, -0.25) is 9.59 Å². The predicted molar refractivity (Wildman–Crippen MR) is 237 cm³/mol. The van der Waals surface area contributed by atoms with Crippen LogP contribution in [0, 0.1) is 0 Å². The van der Waals surface area contributed by atoms with Gasteiger partial charge in [-0.1, -0.05) is 231 Å². The first-order chi connectivity index (χ1) is 27.0. The van der Waals surface area contributed by atoms with Crippen LogP contribution in [0.4, 0.5) is 0 Å². The zero-order valence-corrected chi connectivity index (χ0v) is 36.9. The largest absolute Gasteiger partial charge is 0.466 e. The van der Waals surface area contributed by atoms with Crippen LogP contribution in [0.3, 0.4) is 0 Å². The molecule has 0 saturated heterocycles. The molecule has 0 bridgehead atoms. The monoisotopic (exact) mass is 778 g/mol. The molecule has 1 amide bonds. The summed E-state index contributed by atoms with van der Waals surface area (Å²) in [5.41, 5.74) is 0. The number of aliphatic hydroxyl groups is 2. The number of amides is 1. The molecule has 0 saturated carbocycles. The van der Waals surface area contributed by atoms with Crippen LogP contribution in [0.25, 0.3) is 0 Å². The molecule has 0 aromatic carbocycles. The molecule has 0 aliphatic rings. The number of carbonyl (C=O) groups excluding carboxylic acids is 2. The first kappa shape index (κ1) is 53.6. The molecule has 2 unspecified atom stereocenters. The highest BCUT2D eigenvalue weighted by molar-refractivity contribution is 5.76. The van der Waals surface area contributed by atoms with E-state index < -0.39 is 12.1 Å². The normalized spacial score (nSPS) is 12.7. The second kappa shape index (κ2) is 45.3. The SMILES string of the molecule is CCCCCCCCCCC/C=C/C(O)C(CO)NC(=O)CCCCCCCCCCCCCCCCOC(=O)CCCCCCCCCCCCCCC. The first-order valence-electron chi connectivity index (χ1n) is 24.5. The van der Waals surface area contributed by atoms with Gasteiger partial charge in [-0.25, -0.2) is 0 Å². The van der Waals surface area contributed by atoms with Crippen LogP contribution in [-0.4, -0.2) is 47.4 Å². The van der Waals surface area contributed by atoms with Crippen LogP contribution >= 0.6 is 0 Å². The number of ether oxygens (including phenoxy) is 1. The van der Waals surface area contributed by atoms with E-state index in [-0.39, 0.29) is 18.5 Å². The molecule has 0 radical (unpaired) electrons. The highest BCUT2D eigenvalue weighted by atomic mass is 16.5. The third-order valence-corrected chi connectivity index (χ3v) is 11.3. The van der Waals surface area contributed by atoms with Crippen molar-refractivity contribution in [3.05, 3.63) is 12.2 Å². The lowest BCUT2D eigenvalue weighted by atomic mass is 10.0. The molecular weight excluding hydrogens is 683 g/mol. The quantitative estimate of drug-likeness (QED) is 0.0325. The van der Waals surface area contributed by atoms with E-state index in [1.807, 2.05) is 6.08 Å². The Labute approximate surface area is 342 Å². The summed E-state index contributed by atoms with van der Waals surface area (Å²) in [5.74, 6) is -0.0816. The molecule has 0 aliphatic carbocycles. The summed E-state index contributed by atoms with van der Waals surface area (Å²) in [5, 5.41) is 22.9. The Bertz CT molecular complexity index is 817. The minimum Gasteiger partial charge on any atom is -0.466 e. The smallest absolute Gasteiger partial charge is 0.305 e. The summed E-state index contributed by atoms with van der Waals surface area (Å²) < 4.78 is 5.45. The number of hydrogen-bond acceptors (Lipinski definition) is 5. The Morgan fingerprint density at radius 2 is 0.836 bits per heavy atom. The number of allylic oxidation sites excluding steroid dienone is 1. The molecular formula is C49H95NO5. The van der Waals surface area contributed by atoms with E-state index in [1.165, 1.54) is 180 Å². The molecule has 0 heterocycles. The van der Waals surface area contributed by atoms with Crippen molar-refractivity contribution in [1.29, 1.82) is 0 Å². The molecule has 3 N–H and O–H groups in total. The van der Waals surface area contributed by atoms with Crippen molar-refractivity contribution in [1.82, 2.24) is 5.32 Å². The second-order valence-corrected chi connectivity index (χ2v) is 16.8. The minimum atomic E-state index is -0.848. The summed E-state index contributed by atoms with van der Waals surface area (Å²) >= 11 is 0. The fourth-order valence-corrected chi connectivity index (χ4v) is 7.51. The summed E-state index contributed by atoms with van der Waals surface area (Å²) in [6.45, 7) is 4.87. The van der Waals surface area contributed by atoms with Crippen molar-refractivity contribution in [2.75, 3.05) is 13.2 Å². The van der Waals surface area contributed by atoms with Crippen LogP contribution in [0.1, 0.15) is 264 Å². The van der Waals surface area contributed by atoms with Gasteiger partial charge < -0.3 is 20.3 Å². The summed E-state index contributed by atoms with van der Waals surface area (Å²) in [6, 6.07) is -0.633. The van der Waals surface area contributed by atoms with Gasteiger partial charge in [0.15, 0.2) is 0 Å². The van der Waals surface area contributed by atoms with E-state index in [0.29, 0.717) is 19.4 Å². The number of rotatable bonds is 45. The predicted octanol–water partition coefficient (Wildman–Crippen LogP) is 14.2. The molecule has 55 heavy (non-hydrogen) atoms. The van der Waals surface area contributed by atoms with Crippen molar-refractivity contribution in [2.45, 2.75) is 276 Å². The molecule has 0 aromatic rings. The Balaban J connectivity index is 3.45. The maximum absolute atomic E-state index is 12.4. The van der Waals surface area contributed by atoms with E-state index in [0.717, 1.165) is 57.8 Å². The van der Waals surface area contributed by atoms with Gasteiger partial charge in [-0.05, 0) is 32.1 Å². The van der Waals surface area contributed by atoms with Crippen molar-refractivity contribution >= 4 is 11.9 Å². The van der Waals surface area contributed by atoms with Gasteiger partial charge in [-0.2, -0.15) is 0 Å². The van der Waals surface area contributed by atoms with Gasteiger partial charge in [-0.15, -0.1) is 0 Å². The highest BCUT2D eigenvalue weighted by Gasteiger charge is 2.18. The fourth-order valence-electron chi connectivity index (χ4n) is 7.51. The number of nitrogens with one attached hydrogen (secondary N) is 1. The van der Waals surface area contributed by atoms with E-state index >= 15 is 0 Å². The van der Waals surface area contributed by atoms with Crippen LogP contribution in [0.2, 0.25) is 0 Å². The highest BCUT2D eigenvalue weighted by Crippen LogP contribution is 2.16. The van der Waals surface area contributed by atoms with E-state index in [1.54, 1.807) is 6.08 Å². The average Bonchev–Trinajstić information content (AvgIpc) is 3.18. The van der Waals surface area contributed by atoms with Crippen molar-refractivity contribution in [3.8, 4) is 0 Å². The van der Waals surface area contributed by atoms with Gasteiger partial charge in [0.1, 0.15) is 0 Å². The van der Waals surface area contributed by atoms with Crippen molar-refractivity contribution < 1.29 is 24.5 Å². The second-order valence-electron chi connectivity index (χ2n) is 16.8. The Hall–Kier alpha value is -1.40. The van der Waals surface area contributed by atoms with Crippen molar-refractivity contribution in [2.24, 2.45) is 0 Å². The molecule has 0 aromatic heterocycles. The maximum Gasteiger partial charge on any atom is 0.305 e. The maximum atomic E-state index is 12.4. The lowest BCUT2D eigenvalue weighted by Crippen LogP contribution is -2.45. The topological polar surface area (TPSA) is 95.9 Å². The van der Waals surface area contributed by atoms with Gasteiger partial charge >= 0.3 is 5.97 Å². The van der Waals surface area contributed by atoms with Crippen LogP contribution in [-0.2, 0) is 14.3 Å². The lowest BCUT2D eigenvalue weighted by Gasteiger charge is -2.20. The number of unbranched alkanes of at least 4 members (excludes halogenated alkanes) is 34. The molecule has 6 nitrogen and oxygen atoms in total. The van der Waals surface area contributed by atoms with E-state index in [9.17, 15) is 19.8 Å². The van der Waals surface area contributed by atoms with E-state index in [2.05, 4.69) is 19.2 Å². The zero-order chi connectivity index (χ0) is 40.1. The third kappa shape index (κ3) is 42.0. The van der Waals surface area contributed by atoms with Gasteiger partial charge in [0.05, 0.1) is 25.4 Å². The average molecular weight is 778 g/mol. The lowest BCUT2D eigenvalue weighted by molar-refractivity contribution is -0.143. The Morgan fingerprint density at radius 3 is 1.24 bits per heavy atom. The molecule has 326 valence electrons. The number of carbonyl (C=O) groups is 2.